The Labute approximate surface area is 102 Å². The van der Waals surface area contributed by atoms with E-state index in [1.165, 1.54) is 0 Å². The third kappa shape index (κ3) is 5.19. The van der Waals surface area contributed by atoms with Crippen LogP contribution in [0, 0.1) is 0 Å². The number of amides is 1. The maximum Gasteiger partial charge on any atom is 0.238 e. The molecule has 0 fully saturated rings. The lowest BCUT2D eigenvalue weighted by atomic mass is 10.1. The predicted molar refractivity (Wildman–Crippen MR) is 70.1 cm³/mol. The molecule has 0 saturated heterocycles. The van der Waals surface area contributed by atoms with Crippen LogP contribution in [0.5, 0.6) is 0 Å². The van der Waals surface area contributed by atoms with E-state index < -0.39 is 0 Å². The molecule has 0 aliphatic carbocycles. The molecule has 4 heteroatoms. The van der Waals surface area contributed by atoms with Gasteiger partial charge in [0.2, 0.25) is 5.91 Å². The van der Waals surface area contributed by atoms with E-state index in [0.717, 1.165) is 10.6 Å². The van der Waals surface area contributed by atoms with Crippen LogP contribution in [0.1, 0.15) is 20.8 Å². The largest absolute Gasteiger partial charge is 0.325 e. The van der Waals surface area contributed by atoms with Crippen molar-refractivity contribution in [1.82, 2.24) is 5.32 Å². The standard InChI is InChI=1S/C12H18N2OS/c1-12(2,3)13-8-11(15)14-9-4-6-10(16)7-5-9/h4-7,13,16H,8H2,1-3H3,(H,14,15). The van der Waals surface area contributed by atoms with Crippen molar-refractivity contribution in [1.29, 1.82) is 0 Å². The molecule has 0 bridgehead atoms. The van der Waals surface area contributed by atoms with Crippen molar-refractivity contribution < 1.29 is 4.79 Å². The van der Waals surface area contributed by atoms with Gasteiger partial charge in [-0.2, -0.15) is 0 Å². The fourth-order valence-electron chi connectivity index (χ4n) is 1.10. The number of hydrogen-bond acceptors (Lipinski definition) is 3. The van der Waals surface area contributed by atoms with Crippen molar-refractivity contribution in [3.05, 3.63) is 24.3 Å². The summed E-state index contributed by atoms with van der Waals surface area (Å²) in [6.07, 6.45) is 0. The summed E-state index contributed by atoms with van der Waals surface area (Å²) in [6.45, 7) is 6.38. The Kier molecular flexibility index (Phi) is 4.38. The zero-order valence-electron chi connectivity index (χ0n) is 9.87. The molecule has 0 atom stereocenters. The lowest BCUT2D eigenvalue weighted by molar-refractivity contribution is -0.115. The van der Waals surface area contributed by atoms with Gasteiger partial charge in [0.1, 0.15) is 0 Å². The zero-order valence-corrected chi connectivity index (χ0v) is 10.8. The van der Waals surface area contributed by atoms with Crippen molar-refractivity contribution >= 4 is 24.2 Å². The van der Waals surface area contributed by atoms with Crippen molar-refractivity contribution in [3.63, 3.8) is 0 Å². The van der Waals surface area contributed by atoms with Crippen LogP contribution < -0.4 is 10.6 Å². The summed E-state index contributed by atoms with van der Waals surface area (Å²) >= 11 is 4.18. The maximum atomic E-state index is 11.6. The van der Waals surface area contributed by atoms with Crippen LogP contribution in [-0.4, -0.2) is 18.0 Å². The van der Waals surface area contributed by atoms with Gasteiger partial charge in [-0.3, -0.25) is 4.79 Å². The zero-order chi connectivity index (χ0) is 12.2. The SMILES string of the molecule is CC(C)(C)NCC(=O)Nc1ccc(S)cc1. The predicted octanol–water partition coefficient (Wildman–Crippen LogP) is 2.30. The molecule has 88 valence electrons. The lowest BCUT2D eigenvalue weighted by Crippen LogP contribution is -2.41. The second-order valence-corrected chi connectivity index (χ2v) is 5.22. The van der Waals surface area contributed by atoms with Crippen molar-refractivity contribution in [3.8, 4) is 0 Å². The van der Waals surface area contributed by atoms with E-state index in [1.54, 1.807) is 0 Å². The third-order valence-electron chi connectivity index (χ3n) is 1.93. The molecule has 0 heterocycles. The normalized spacial score (nSPS) is 11.2. The van der Waals surface area contributed by atoms with Crippen molar-refractivity contribution in [2.75, 3.05) is 11.9 Å². The number of rotatable bonds is 3. The second kappa shape index (κ2) is 5.37. The quantitative estimate of drug-likeness (QED) is 0.707. The van der Waals surface area contributed by atoms with E-state index in [9.17, 15) is 4.79 Å². The van der Waals surface area contributed by atoms with E-state index >= 15 is 0 Å². The first-order valence-corrected chi connectivity index (χ1v) is 5.65. The Balaban J connectivity index is 2.43. The van der Waals surface area contributed by atoms with Crippen LogP contribution in [0.4, 0.5) is 5.69 Å². The highest BCUT2D eigenvalue weighted by Crippen LogP contribution is 2.11. The summed E-state index contributed by atoms with van der Waals surface area (Å²) in [4.78, 5) is 12.4. The van der Waals surface area contributed by atoms with E-state index in [0.29, 0.717) is 6.54 Å². The van der Waals surface area contributed by atoms with Gasteiger partial charge in [-0.05, 0) is 45.0 Å². The Morgan fingerprint density at radius 2 is 1.81 bits per heavy atom. The van der Waals surface area contributed by atoms with Gasteiger partial charge < -0.3 is 10.6 Å². The summed E-state index contributed by atoms with van der Waals surface area (Å²) in [5.74, 6) is -0.0400. The Bertz CT molecular complexity index is 354. The number of thiol groups is 1. The molecule has 0 saturated carbocycles. The van der Waals surface area contributed by atoms with Gasteiger partial charge >= 0.3 is 0 Å². The van der Waals surface area contributed by atoms with Crippen LogP contribution in [0.3, 0.4) is 0 Å². The highest BCUT2D eigenvalue weighted by atomic mass is 32.1. The average Bonchev–Trinajstić information content (AvgIpc) is 2.18. The van der Waals surface area contributed by atoms with Gasteiger partial charge in [-0.25, -0.2) is 0 Å². The molecule has 0 aromatic heterocycles. The van der Waals surface area contributed by atoms with Crippen molar-refractivity contribution in [2.24, 2.45) is 0 Å². The van der Waals surface area contributed by atoms with Gasteiger partial charge in [0, 0.05) is 16.1 Å². The number of hydrogen-bond donors (Lipinski definition) is 3. The molecular formula is C12H18N2OS. The fraction of sp³-hybridized carbons (Fsp3) is 0.417. The molecule has 0 spiro atoms. The highest BCUT2D eigenvalue weighted by molar-refractivity contribution is 7.80. The summed E-state index contributed by atoms with van der Waals surface area (Å²) < 4.78 is 0. The van der Waals surface area contributed by atoms with Gasteiger partial charge in [-0.15, -0.1) is 12.6 Å². The molecule has 1 rings (SSSR count). The van der Waals surface area contributed by atoms with Crippen LogP contribution in [0.25, 0.3) is 0 Å². The highest BCUT2D eigenvalue weighted by Gasteiger charge is 2.11. The van der Waals surface area contributed by atoms with Gasteiger partial charge in [0.25, 0.3) is 0 Å². The minimum Gasteiger partial charge on any atom is -0.325 e. The molecule has 3 nitrogen and oxygen atoms in total. The van der Waals surface area contributed by atoms with Crippen LogP contribution >= 0.6 is 12.6 Å². The van der Waals surface area contributed by atoms with E-state index in [4.69, 9.17) is 0 Å². The minimum absolute atomic E-state index is 0.0400. The molecular weight excluding hydrogens is 220 g/mol. The molecule has 0 aliphatic heterocycles. The summed E-state index contributed by atoms with van der Waals surface area (Å²) in [7, 11) is 0. The van der Waals surface area contributed by atoms with Gasteiger partial charge in [0.05, 0.1) is 6.54 Å². The smallest absolute Gasteiger partial charge is 0.238 e. The van der Waals surface area contributed by atoms with Gasteiger partial charge in [0.15, 0.2) is 0 Å². The van der Waals surface area contributed by atoms with Crippen LogP contribution in [-0.2, 0) is 4.79 Å². The molecule has 0 aliphatic rings. The third-order valence-corrected chi connectivity index (χ3v) is 2.23. The summed E-state index contributed by atoms with van der Waals surface area (Å²) in [5, 5.41) is 5.93. The number of carbonyl (C=O) groups is 1. The van der Waals surface area contributed by atoms with E-state index in [-0.39, 0.29) is 11.4 Å². The molecule has 1 aromatic rings. The number of anilines is 1. The molecule has 1 amide bonds. The topological polar surface area (TPSA) is 41.1 Å². The first kappa shape index (κ1) is 13.1. The Hall–Kier alpha value is -1.00. The molecule has 1 aromatic carbocycles. The second-order valence-electron chi connectivity index (χ2n) is 4.70. The van der Waals surface area contributed by atoms with Crippen molar-refractivity contribution in [2.45, 2.75) is 31.2 Å². The van der Waals surface area contributed by atoms with E-state index in [2.05, 4.69) is 23.3 Å². The minimum atomic E-state index is -0.0493. The number of nitrogens with one attached hydrogen (secondary N) is 2. The van der Waals surface area contributed by atoms with Crippen LogP contribution in [0.2, 0.25) is 0 Å². The molecule has 0 radical (unpaired) electrons. The summed E-state index contributed by atoms with van der Waals surface area (Å²) in [6, 6.07) is 7.35. The number of carbonyl (C=O) groups excluding carboxylic acids is 1. The molecule has 2 N–H and O–H groups in total. The summed E-state index contributed by atoms with van der Waals surface area (Å²) in [5.41, 5.74) is 0.741. The average molecular weight is 238 g/mol. The Morgan fingerprint density at radius 3 is 2.31 bits per heavy atom. The lowest BCUT2D eigenvalue weighted by Gasteiger charge is -2.20. The molecule has 16 heavy (non-hydrogen) atoms. The molecule has 0 unspecified atom stereocenters. The Morgan fingerprint density at radius 1 is 1.25 bits per heavy atom. The first-order valence-electron chi connectivity index (χ1n) is 5.21. The van der Waals surface area contributed by atoms with Crippen LogP contribution in [0.15, 0.2) is 29.2 Å². The van der Waals surface area contributed by atoms with E-state index in [1.807, 2.05) is 45.0 Å². The number of benzene rings is 1. The fourth-order valence-corrected chi connectivity index (χ4v) is 1.24. The van der Waals surface area contributed by atoms with Gasteiger partial charge in [-0.1, -0.05) is 0 Å². The maximum absolute atomic E-state index is 11.6. The monoisotopic (exact) mass is 238 g/mol. The first-order chi connectivity index (χ1) is 7.37.